The number of hydrogen-bond acceptors (Lipinski definition) is 4. The van der Waals surface area contributed by atoms with E-state index in [1.165, 1.54) is 11.3 Å². The van der Waals surface area contributed by atoms with Gasteiger partial charge in [-0.15, -0.1) is 23.7 Å². The van der Waals surface area contributed by atoms with Crippen LogP contribution in [0.3, 0.4) is 0 Å². The number of carbonyl (C=O) groups is 1. The van der Waals surface area contributed by atoms with E-state index in [2.05, 4.69) is 15.6 Å². The van der Waals surface area contributed by atoms with Gasteiger partial charge in [0.1, 0.15) is 0 Å². The molecule has 0 saturated heterocycles. The third kappa shape index (κ3) is 5.28. The highest BCUT2D eigenvalue weighted by atomic mass is 35.5. The first-order valence-corrected chi connectivity index (χ1v) is 7.61. The largest absolute Gasteiger partial charge is 0.320 e. The second kappa shape index (κ2) is 9.00. The predicted molar refractivity (Wildman–Crippen MR) is 91.6 cm³/mol. The van der Waals surface area contributed by atoms with Crippen LogP contribution in [0.4, 0.5) is 5.13 Å². The van der Waals surface area contributed by atoms with E-state index in [1.54, 1.807) is 0 Å². The molecule has 7 heteroatoms. The summed E-state index contributed by atoms with van der Waals surface area (Å²) in [7, 11) is 1.87. The summed E-state index contributed by atoms with van der Waals surface area (Å²) >= 11 is 7.53. The first-order chi connectivity index (χ1) is 9.70. The second-order valence-electron chi connectivity index (χ2n) is 4.27. The average molecular weight is 346 g/mol. The van der Waals surface area contributed by atoms with Crippen molar-refractivity contribution in [1.29, 1.82) is 0 Å². The molecule has 4 nitrogen and oxygen atoms in total. The van der Waals surface area contributed by atoms with Crippen molar-refractivity contribution in [2.45, 2.75) is 12.8 Å². The lowest BCUT2D eigenvalue weighted by Crippen LogP contribution is -2.15. The van der Waals surface area contributed by atoms with Gasteiger partial charge in [-0.2, -0.15) is 0 Å². The standard InChI is InChI=1S/C14H16ClN3OS.ClH/c1-16-8-4-7-13(19)18-14-17-12(9-20-14)10-5-2-3-6-11(10)15;/h2-3,5-6,9,16H,4,7-8H2,1H3,(H,17,18,19);1H. The molecular formula is C14H17Cl2N3OS. The van der Waals surface area contributed by atoms with Gasteiger partial charge in [-0.1, -0.05) is 29.8 Å². The van der Waals surface area contributed by atoms with Gasteiger partial charge < -0.3 is 10.6 Å². The third-order valence-electron chi connectivity index (χ3n) is 2.73. The van der Waals surface area contributed by atoms with Crippen LogP contribution >= 0.6 is 35.3 Å². The van der Waals surface area contributed by atoms with Crippen LogP contribution in [0, 0.1) is 0 Å². The molecule has 1 aromatic carbocycles. The van der Waals surface area contributed by atoms with Crippen molar-refractivity contribution in [3.63, 3.8) is 0 Å². The van der Waals surface area contributed by atoms with E-state index in [0.29, 0.717) is 16.6 Å². The van der Waals surface area contributed by atoms with Crippen LogP contribution < -0.4 is 10.6 Å². The van der Waals surface area contributed by atoms with E-state index in [1.807, 2.05) is 36.7 Å². The Balaban J connectivity index is 0.00000220. The fourth-order valence-electron chi connectivity index (χ4n) is 1.73. The molecule has 114 valence electrons. The molecule has 0 spiro atoms. The predicted octanol–water partition coefficient (Wildman–Crippen LogP) is 3.82. The van der Waals surface area contributed by atoms with E-state index in [4.69, 9.17) is 11.6 Å². The third-order valence-corrected chi connectivity index (χ3v) is 3.82. The van der Waals surface area contributed by atoms with Crippen molar-refractivity contribution in [2.24, 2.45) is 0 Å². The minimum Gasteiger partial charge on any atom is -0.320 e. The maximum absolute atomic E-state index is 11.7. The maximum Gasteiger partial charge on any atom is 0.226 e. The Hall–Kier alpha value is -1.14. The highest BCUT2D eigenvalue weighted by Crippen LogP contribution is 2.30. The normalized spacial score (nSPS) is 10.0. The van der Waals surface area contributed by atoms with E-state index >= 15 is 0 Å². The number of thiazole rings is 1. The molecule has 0 unspecified atom stereocenters. The van der Waals surface area contributed by atoms with Gasteiger partial charge >= 0.3 is 0 Å². The maximum atomic E-state index is 11.7. The topological polar surface area (TPSA) is 54.0 Å². The number of anilines is 1. The molecule has 2 aromatic rings. The molecule has 2 N–H and O–H groups in total. The zero-order valence-corrected chi connectivity index (χ0v) is 13.9. The van der Waals surface area contributed by atoms with Crippen molar-refractivity contribution in [3.8, 4) is 11.3 Å². The summed E-state index contributed by atoms with van der Waals surface area (Å²) in [5, 5.41) is 8.98. The van der Waals surface area contributed by atoms with Gasteiger partial charge in [-0.3, -0.25) is 4.79 Å². The van der Waals surface area contributed by atoms with Gasteiger partial charge in [-0.05, 0) is 26.1 Å². The monoisotopic (exact) mass is 345 g/mol. The van der Waals surface area contributed by atoms with E-state index in [0.717, 1.165) is 24.2 Å². The summed E-state index contributed by atoms with van der Waals surface area (Å²) in [5.74, 6) is -0.0136. The Morgan fingerprint density at radius 2 is 2.14 bits per heavy atom. The van der Waals surface area contributed by atoms with Crippen LogP contribution in [-0.4, -0.2) is 24.5 Å². The van der Waals surface area contributed by atoms with E-state index in [9.17, 15) is 4.79 Å². The van der Waals surface area contributed by atoms with Crippen LogP contribution in [0.5, 0.6) is 0 Å². The lowest BCUT2D eigenvalue weighted by Gasteiger charge is -2.01. The molecule has 0 aliphatic carbocycles. The molecule has 0 radical (unpaired) electrons. The molecule has 2 rings (SSSR count). The van der Waals surface area contributed by atoms with E-state index < -0.39 is 0 Å². The quantitative estimate of drug-likeness (QED) is 0.782. The lowest BCUT2D eigenvalue weighted by atomic mass is 10.2. The fourth-order valence-corrected chi connectivity index (χ4v) is 2.69. The van der Waals surface area contributed by atoms with E-state index in [-0.39, 0.29) is 18.3 Å². The molecule has 21 heavy (non-hydrogen) atoms. The first kappa shape index (κ1) is 17.9. The van der Waals surface area contributed by atoms with Gasteiger partial charge in [0.05, 0.1) is 5.69 Å². The number of nitrogens with zero attached hydrogens (tertiary/aromatic N) is 1. The Bertz CT molecular complexity index is 589. The molecule has 0 atom stereocenters. The van der Waals surface area contributed by atoms with Crippen LogP contribution in [0.2, 0.25) is 5.02 Å². The summed E-state index contributed by atoms with van der Waals surface area (Å²) in [6.45, 7) is 0.830. The molecule has 0 aliphatic heterocycles. The molecule has 1 aromatic heterocycles. The van der Waals surface area contributed by atoms with Gasteiger partial charge in [0.2, 0.25) is 5.91 Å². The minimum absolute atomic E-state index is 0. The highest BCUT2D eigenvalue weighted by Gasteiger charge is 2.09. The Morgan fingerprint density at radius 1 is 1.38 bits per heavy atom. The van der Waals surface area contributed by atoms with Crippen LogP contribution in [0.1, 0.15) is 12.8 Å². The SMILES string of the molecule is CNCCCC(=O)Nc1nc(-c2ccccc2Cl)cs1.Cl. The molecule has 0 fully saturated rings. The zero-order chi connectivity index (χ0) is 14.4. The number of amides is 1. The van der Waals surface area contributed by atoms with Gasteiger partial charge in [0.25, 0.3) is 0 Å². The van der Waals surface area contributed by atoms with Gasteiger partial charge in [0, 0.05) is 22.4 Å². The summed E-state index contributed by atoms with van der Waals surface area (Å²) in [4.78, 5) is 16.1. The minimum atomic E-state index is -0.0136. The Kier molecular flexibility index (Phi) is 7.67. The number of halogens is 2. The molecule has 1 amide bonds. The number of nitrogens with one attached hydrogen (secondary N) is 2. The van der Waals surface area contributed by atoms with Crippen molar-refractivity contribution in [1.82, 2.24) is 10.3 Å². The van der Waals surface area contributed by atoms with Crippen molar-refractivity contribution < 1.29 is 4.79 Å². The number of carbonyl (C=O) groups excluding carboxylic acids is 1. The summed E-state index contributed by atoms with van der Waals surface area (Å²) in [6, 6.07) is 7.53. The van der Waals surface area contributed by atoms with Gasteiger partial charge in [-0.25, -0.2) is 4.98 Å². The smallest absolute Gasteiger partial charge is 0.226 e. The number of aromatic nitrogens is 1. The number of rotatable bonds is 6. The number of benzene rings is 1. The van der Waals surface area contributed by atoms with Crippen LogP contribution in [0.25, 0.3) is 11.3 Å². The highest BCUT2D eigenvalue weighted by molar-refractivity contribution is 7.14. The Labute approximate surface area is 139 Å². The lowest BCUT2D eigenvalue weighted by molar-refractivity contribution is -0.116. The molecule has 0 saturated carbocycles. The number of hydrogen-bond donors (Lipinski definition) is 2. The zero-order valence-electron chi connectivity index (χ0n) is 11.6. The Morgan fingerprint density at radius 3 is 2.86 bits per heavy atom. The van der Waals surface area contributed by atoms with Crippen LogP contribution in [-0.2, 0) is 4.79 Å². The van der Waals surface area contributed by atoms with Crippen molar-refractivity contribution in [2.75, 3.05) is 18.9 Å². The molecule has 1 heterocycles. The fraction of sp³-hybridized carbons (Fsp3) is 0.286. The second-order valence-corrected chi connectivity index (χ2v) is 5.54. The summed E-state index contributed by atoms with van der Waals surface area (Å²) < 4.78 is 0. The van der Waals surface area contributed by atoms with Crippen LogP contribution in [0.15, 0.2) is 29.6 Å². The molecule has 0 bridgehead atoms. The summed E-state index contributed by atoms with van der Waals surface area (Å²) in [5.41, 5.74) is 1.66. The van der Waals surface area contributed by atoms with Crippen molar-refractivity contribution >= 4 is 46.4 Å². The molecule has 0 aliphatic rings. The van der Waals surface area contributed by atoms with Crippen molar-refractivity contribution in [3.05, 3.63) is 34.7 Å². The first-order valence-electron chi connectivity index (χ1n) is 6.35. The summed E-state index contributed by atoms with van der Waals surface area (Å²) in [6.07, 6.45) is 1.30. The van der Waals surface area contributed by atoms with Gasteiger partial charge in [0.15, 0.2) is 5.13 Å². The molecular weight excluding hydrogens is 329 g/mol. The average Bonchev–Trinajstić information content (AvgIpc) is 2.88.